The summed E-state index contributed by atoms with van der Waals surface area (Å²) in [4.78, 5) is 5.59. The first-order chi connectivity index (χ1) is 6.81. The van der Waals surface area contributed by atoms with E-state index < -0.39 is 0 Å². The van der Waals surface area contributed by atoms with Crippen molar-refractivity contribution in [1.82, 2.24) is 0 Å². The molecule has 0 N–H and O–H groups in total. The van der Waals surface area contributed by atoms with Gasteiger partial charge in [-0.3, -0.25) is 0 Å². The van der Waals surface area contributed by atoms with Crippen molar-refractivity contribution in [3.05, 3.63) is 28.7 Å². The van der Waals surface area contributed by atoms with Gasteiger partial charge in [-0.15, -0.1) is 0 Å². The van der Waals surface area contributed by atoms with E-state index in [0.29, 0.717) is 5.69 Å². The summed E-state index contributed by atoms with van der Waals surface area (Å²) in [6, 6.07) is 5.97. The van der Waals surface area contributed by atoms with Crippen molar-refractivity contribution < 1.29 is 0 Å². The number of hydrogen-bond donors (Lipinski definition) is 0. The SMILES string of the molecule is Cc1cc(N2CCCC2)ccc1[N+]#N. The number of benzene rings is 1. The van der Waals surface area contributed by atoms with Crippen LogP contribution in [-0.2, 0) is 0 Å². The zero-order valence-electron chi connectivity index (χ0n) is 8.40. The van der Waals surface area contributed by atoms with Gasteiger partial charge < -0.3 is 4.90 Å². The average molecular weight is 188 g/mol. The predicted molar refractivity (Wildman–Crippen MR) is 57.4 cm³/mol. The van der Waals surface area contributed by atoms with Gasteiger partial charge in [-0.05, 0) is 31.9 Å². The van der Waals surface area contributed by atoms with Crippen LogP contribution in [-0.4, -0.2) is 13.1 Å². The molecule has 0 spiro atoms. The Morgan fingerprint density at radius 1 is 1.29 bits per heavy atom. The largest absolute Gasteiger partial charge is 0.388 e. The number of aryl methyl sites for hydroxylation is 1. The second-order valence-electron chi connectivity index (χ2n) is 3.76. The van der Waals surface area contributed by atoms with Crippen LogP contribution in [0.3, 0.4) is 0 Å². The van der Waals surface area contributed by atoms with Crippen molar-refractivity contribution in [2.75, 3.05) is 18.0 Å². The zero-order chi connectivity index (χ0) is 9.97. The summed E-state index contributed by atoms with van der Waals surface area (Å²) in [6.45, 7) is 4.26. The highest BCUT2D eigenvalue weighted by Crippen LogP contribution is 2.26. The van der Waals surface area contributed by atoms with E-state index in [0.717, 1.165) is 18.7 Å². The van der Waals surface area contributed by atoms with Crippen LogP contribution >= 0.6 is 0 Å². The first-order valence-corrected chi connectivity index (χ1v) is 5.02. The molecule has 1 aliphatic heterocycles. The molecule has 3 nitrogen and oxygen atoms in total. The van der Waals surface area contributed by atoms with Gasteiger partial charge >= 0.3 is 5.69 Å². The minimum absolute atomic E-state index is 0.660. The number of diazo groups is 1. The smallest absolute Gasteiger partial charge is 0.372 e. The first kappa shape index (κ1) is 9.01. The van der Waals surface area contributed by atoms with Crippen LogP contribution in [0.1, 0.15) is 18.4 Å². The summed E-state index contributed by atoms with van der Waals surface area (Å²) in [6.07, 6.45) is 2.57. The molecule has 1 fully saturated rings. The number of rotatable bonds is 1. The van der Waals surface area contributed by atoms with Crippen LogP contribution in [0.2, 0.25) is 0 Å². The maximum absolute atomic E-state index is 8.69. The quantitative estimate of drug-likeness (QED) is 0.634. The third kappa shape index (κ3) is 1.56. The van der Waals surface area contributed by atoms with E-state index in [4.69, 9.17) is 5.39 Å². The third-order valence-electron chi connectivity index (χ3n) is 2.76. The Morgan fingerprint density at radius 3 is 2.57 bits per heavy atom. The van der Waals surface area contributed by atoms with E-state index in [2.05, 4.69) is 15.9 Å². The molecule has 1 heterocycles. The maximum atomic E-state index is 8.69. The number of nitrogens with zero attached hydrogens (tertiary/aromatic N) is 3. The molecule has 3 heteroatoms. The Balaban J connectivity index is 2.28. The standard InChI is InChI=1S/C11H14N3/c1-9-8-10(4-5-11(9)13-12)14-6-2-3-7-14/h4-5,8H,2-3,6-7H2,1H3/q+1. The number of hydrogen-bond acceptors (Lipinski definition) is 2. The van der Waals surface area contributed by atoms with Crippen LogP contribution in [0.4, 0.5) is 11.4 Å². The van der Waals surface area contributed by atoms with E-state index in [1.165, 1.54) is 18.5 Å². The Labute approximate surface area is 84.0 Å². The Kier molecular flexibility index (Phi) is 2.36. The summed E-state index contributed by atoms with van der Waals surface area (Å²) in [5.41, 5.74) is 2.93. The van der Waals surface area contributed by atoms with E-state index in [1.807, 2.05) is 19.1 Å². The normalized spacial score (nSPS) is 15.6. The van der Waals surface area contributed by atoms with Gasteiger partial charge in [0, 0.05) is 30.4 Å². The molecule has 0 unspecified atom stereocenters. The molecule has 0 bridgehead atoms. The van der Waals surface area contributed by atoms with Crippen molar-refractivity contribution in [1.29, 1.82) is 5.39 Å². The summed E-state index contributed by atoms with van der Waals surface area (Å²) >= 11 is 0. The molecule has 14 heavy (non-hydrogen) atoms. The molecule has 0 aliphatic carbocycles. The molecular formula is C11H14N3+. The fourth-order valence-corrected chi connectivity index (χ4v) is 1.92. The van der Waals surface area contributed by atoms with Crippen molar-refractivity contribution in [2.24, 2.45) is 0 Å². The van der Waals surface area contributed by atoms with Crippen molar-refractivity contribution in [2.45, 2.75) is 19.8 Å². The lowest BCUT2D eigenvalue weighted by Gasteiger charge is -2.17. The van der Waals surface area contributed by atoms with Gasteiger partial charge in [0.1, 0.15) is 0 Å². The highest BCUT2D eigenvalue weighted by atomic mass is 15.1. The summed E-state index contributed by atoms with van der Waals surface area (Å²) in [5.74, 6) is 0. The lowest BCUT2D eigenvalue weighted by atomic mass is 10.2. The molecule has 2 rings (SSSR count). The zero-order valence-corrected chi connectivity index (χ0v) is 8.40. The van der Waals surface area contributed by atoms with E-state index in [1.54, 1.807) is 0 Å². The van der Waals surface area contributed by atoms with Crippen molar-refractivity contribution in [3.63, 3.8) is 0 Å². The summed E-state index contributed by atoms with van der Waals surface area (Å²) < 4.78 is 0. The molecule has 0 radical (unpaired) electrons. The van der Waals surface area contributed by atoms with Crippen molar-refractivity contribution >= 4 is 11.4 Å². The van der Waals surface area contributed by atoms with Crippen LogP contribution in [0.5, 0.6) is 0 Å². The van der Waals surface area contributed by atoms with Crippen LogP contribution in [0.25, 0.3) is 4.98 Å². The molecule has 1 aliphatic rings. The predicted octanol–water partition coefficient (Wildman–Crippen LogP) is 3.08. The van der Waals surface area contributed by atoms with Gasteiger partial charge in [0.2, 0.25) is 5.39 Å². The number of anilines is 1. The molecule has 1 saturated heterocycles. The fraction of sp³-hybridized carbons (Fsp3) is 0.455. The summed E-state index contributed by atoms with van der Waals surface area (Å²) in [7, 11) is 0. The molecule has 1 aromatic carbocycles. The Morgan fingerprint density at radius 2 is 2.00 bits per heavy atom. The molecule has 0 atom stereocenters. The van der Waals surface area contributed by atoms with Gasteiger partial charge in [-0.1, -0.05) is 0 Å². The molecule has 1 aromatic rings. The topological polar surface area (TPSA) is 31.4 Å². The molecule has 0 aromatic heterocycles. The molecule has 0 saturated carbocycles. The van der Waals surface area contributed by atoms with Gasteiger partial charge in [0.25, 0.3) is 0 Å². The minimum atomic E-state index is 0.660. The minimum Gasteiger partial charge on any atom is -0.372 e. The Hall–Kier alpha value is -1.56. The molecular weight excluding hydrogens is 174 g/mol. The average Bonchev–Trinajstić information content (AvgIpc) is 2.70. The molecule has 0 amide bonds. The second-order valence-corrected chi connectivity index (χ2v) is 3.76. The van der Waals surface area contributed by atoms with E-state index in [9.17, 15) is 0 Å². The van der Waals surface area contributed by atoms with E-state index >= 15 is 0 Å². The highest BCUT2D eigenvalue weighted by molar-refractivity contribution is 5.60. The third-order valence-corrected chi connectivity index (χ3v) is 2.76. The lowest BCUT2D eigenvalue weighted by Crippen LogP contribution is -2.17. The van der Waals surface area contributed by atoms with Gasteiger partial charge in [-0.2, -0.15) is 0 Å². The first-order valence-electron chi connectivity index (χ1n) is 5.02. The fourth-order valence-electron chi connectivity index (χ4n) is 1.92. The lowest BCUT2D eigenvalue weighted by molar-refractivity contribution is 0.949. The maximum Gasteiger partial charge on any atom is 0.388 e. The van der Waals surface area contributed by atoms with E-state index in [-0.39, 0.29) is 0 Å². The Bertz CT molecular complexity index is 373. The highest BCUT2D eigenvalue weighted by Gasteiger charge is 2.15. The molecule has 72 valence electrons. The van der Waals surface area contributed by atoms with Crippen LogP contribution in [0.15, 0.2) is 18.2 Å². The summed E-state index contributed by atoms with van der Waals surface area (Å²) in [5, 5.41) is 8.69. The van der Waals surface area contributed by atoms with Gasteiger partial charge in [-0.25, -0.2) is 0 Å². The van der Waals surface area contributed by atoms with Crippen molar-refractivity contribution in [3.8, 4) is 0 Å². The van der Waals surface area contributed by atoms with Crippen LogP contribution < -0.4 is 4.90 Å². The van der Waals surface area contributed by atoms with Crippen LogP contribution in [0, 0.1) is 12.3 Å². The second kappa shape index (κ2) is 3.67. The van der Waals surface area contributed by atoms with Gasteiger partial charge in [0.15, 0.2) is 4.98 Å². The monoisotopic (exact) mass is 188 g/mol. The van der Waals surface area contributed by atoms with Gasteiger partial charge in [0.05, 0.1) is 0 Å².